The van der Waals surface area contributed by atoms with Gasteiger partial charge in [0.1, 0.15) is 0 Å². The second kappa shape index (κ2) is 7.87. The molecule has 0 aliphatic carbocycles. The molecule has 0 aliphatic heterocycles. The van der Waals surface area contributed by atoms with Crippen LogP contribution in [-0.2, 0) is 0 Å². The molecular formula is C19H12Cl2N4O. The summed E-state index contributed by atoms with van der Waals surface area (Å²) in [5.74, 6) is -0.317. The highest BCUT2D eigenvalue weighted by Gasteiger charge is 2.09. The number of nitrogens with zero attached hydrogens (tertiary/aromatic N) is 2. The molecule has 0 fully saturated rings. The van der Waals surface area contributed by atoms with Crippen LogP contribution in [-0.4, -0.2) is 10.9 Å². The van der Waals surface area contributed by atoms with E-state index in [2.05, 4.69) is 15.6 Å². The number of pyridine rings is 1. The maximum absolute atomic E-state index is 12.4. The Kier molecular flexibility index (Phi) is 5.37. The molecule has 1 aromatic heterocycles. The minimum absolute atomic E-state index is 0.317. The molecule has 0 radical (unpaired) electrons. The zero-order valence-electron chi connectivity index (χ0n) is 13.3. The van der Waals surface area contributed by atoms with Gasteiger partial charge in [0.15, 0.2) is 0 Å². The molecule has 0 unspecified atom stereocenters. The standard InChI is InChI=1S/C19H12Cl2N4O/c20-16-2-1-3-17(18(16)21)24-15-8-13(10-23-11-15)19(26)25-14-6-4-12(9-22)5-7-14/h1-8,10-11,24H,(H,25,26). The van der Waals surface area contributed by atoms with E-state index in [9.17, 15) is 4.79 Å². The van der Waals surface area contributed by atoms with Crippen LogP contribution in [0.2, 0.25) is 10.0 Å². The largest absolute Gasteiger partial charge is 0.353 e. The number of amides is 1. The van der Waals surface area contributed by atoms with Gasteiger partial charge in [-0.05, 0) is 42.5 Å². The number of aromatic nitrogens is 1. The highest BCUT2D eigenvalue weighted by molar-refractivity contribution is 6.43. The van der Waals surface area contributed by atoms with Crippen LogP contribution < -0.4 is 10.6 Å². The molecule has 7 heteroatoms. The minimum atomic E-state index is -0.317. The molecule has 1 heterocycles. The van der Waals surface area contributed by atoms with Crippen molar-refractivity contribution in [1.29, 1.82) is 5.26 Å². The topological polar surface area (TPSA) is 77.8 Å². The second-order valence-electron chi connectivity index (χ2n) is 5.33. The first-order valence-electron chi connectivity index (χ1n) is 7.54. The van der Waals surface area contributed by atoms with Crippen molar-refractivity contribution in [2.24, 2.45) is 0 Å². The molecular weight excluding hydrogens is 371 g/mol. The number of halogens is 2. The number of nitriles is 1. The zero-order chi connectivity index (χ0) is 18.5. The van der Waals surface area contributed by atoms with Crippen molar-refractivity contribution in [1.82, 2.24) is 4.98 Å². The first-order chi connectivity index (χ1) is 12.6. The third kappa shape index (κ3) is 4.12. The summed E-state index contributed by atoms with van der Waals surface area (Å²) in [7, 11) is 0. The van der Waals surface area contributed by atoms with Crippen LogP contribution in [0, 0.1) is 11.3 Å². The van der Waals surface area contributed by atoms with Gasteiger partial charge in [-0.15, -0.1) is 0 Å². The first-order valence-corrected chi connectivity index (χ1v) is 8.30. The van der Waals surface area contributed by atoms with Crippen LogP contribution >= 0.6 is 23.2 Å². The van der Waals surface area contributed by atoms with Crippen LogP contribution in [0.1, 0.15) is 15.9 Å². The second-order valence-corrected chi connectivity index (χ2v) is 6.12. The lowest BCUT2D eigenvalue weighted by Crippen LogP contribution is -2.12. The Balaban J connectivity index is 1.76. The van der Waals surface area contributed by atoms with Gasteiger partial charge in [0, 0.05) is 11.9 Å². The van der Waals surface area contributed by atoms with Crippen LogP contribution in [0.3, 0.4) is 0 Å². The summed E-state index contributed by atoms with van der Waals surface area (Å²) in [6.07, 6.45) is 3.04. The number of benzene rings is 2. The lowest BCUT2D eigenvalue weighted by molar-refractivity contribution is 0.102. The summed E-state index contributed by atoms with van der Waals surface area (Å²) >= 11 is 12.2. The van der Waals surface area contributed by atoms with Gasteiger partial charge < -0.3 is 10.6 Å². The number of carbonyl (C=O) groups excluding carboxylic acids is 1. The molecule has 0 saturated heterocycles. The first kappa shape index (κ1) is 17.7. The molecule has 2 aromatic carbocycles. The maximum Gasteiger partial charge on any atom is 0.257 e. The number of nitrogens with one attached hydrogen (secondary N) is 2. The highest BCUT2D eigenvalue weighted by atomic mass is 35.5. The minimum Gasteiger partial charge on any atom is -0.353 e. The van der Waals surface area contributed by atoms with Crippen molar-refractivity contribution in [3.05, 3.63) is 82.1 Å². The van der Waals surface area contributed by atoms with Crippen LogP contribution in [0.15, 0.2) is 60.9 Å². The third-order valence-electron chi connectivity index (χ3n) is 3.50. The Morgan fingerprint density at radius 2 is 1.81 bits per heavy atom. The van der Waals surface area contributed by atoms with E-state index in [4.69, 9.17) is 28.5 Å². The van der Waals surface area contributed by atoms with E-state index in [0.717, 1.165) is 0 Å². The number of anilines is 3. The molecule has 128 valence electrons. The summed E-state index contributed by atoms with van der Waals surface area (Å²) in [6.45, 7) is 0. The van der Waals surface area contributed by atoms with Crippen molar-refractivity contribution < 1.29 is 4.79 Å². The number of hydrogen-bond acceptors (Lipinski definition) is 4. The third-order valence-corrected chi connectivity index (χ3v) is 4.32. The SMILES string of the molecule is N#Cc1ccc(NC(=O)c2cncc(Nc3cccc(Cl)c3Cl)c2)cc1. The fourth-order valence-electron chi connectivity index (χ4n) is 2.22. The quantitative estimate of drug-likeness (QED) is 0.645. The monoisotopic (exact) mass is 382 g/mol. The lowest BCUT2D eigenvalue weighted by atomic mass is 10.2. The summed E-state index contributed by atoms with van der Waals surface area (Å²) < 4.78 is 0. The highest BCUT2D eigenvalue weighted by Crippen LogP contribution is 2.31. The zero-order valence-corrected chi connectivity index (χ0v) is 14.8. The Morgan fingerprint density at radius 1 is 1.04 bits per heavy atom. The van der Waals surface area contributed by atoms with E-state index >= 15 is 0 Å². The van der Waals surface area contributed by atoms with Crippen molar-refractivity contribution in [3.63, 3.8) is 0 Å². The van der Waals surface area contributed by atoms with Crippen LogP contribution in [0.4, 0.5) is 17.1 Å². The lowest BCUT2D eigenvalue weighted by Gasteiger charge is -2.10. The summed E-state index contributed by atoms with van der Waals surface area (Å²) in [4.78, 5) is 16.5. The molecule has 0 saturated carbocycles. The Morgan fingerprint density at radius 3 is 2.54 bits per heavy atom. The van der Waals surface area contributed by atoms with Gasteiger partial charge in [-0.3, -0.25) is 9.78 Å². The van der Waals surface area contributed by atoms with Gasteiger partial charge in [0.2, 0.25) is 0 Å². The number of rotatable bonds is 4. The predicted octanol–water partition coefficient (Wildman–Crippen LogP) is 5.26. The normalized spacial score (nSPS) is 10.0. The van der Waals surface area contributed by atoms with Crippen molar-refractivity contribution in [3.8, 4) is 6.07 Å². The predicted molar refractivity (Wildman–Crippen MR) is 103 cm³/mol. The number of hydrogen-bond donors (Lipinski definition) is 2. The van der Waals surface area contributed by atoms with Gasteiger partial charge in [-0.1, -0.05) is 29.3 Å². The van der Waals surface area contributed by atoms with Gasteiger partial charge >= 0.3 is 0 Å². The summed E-state index contributed by atoms with van der Waals surface area (Å²) in [5.41, 5.74) is 2.70. The van der Waals surface area contributed by atoms with Gasteiger partial charge in [0.05, 0.1) is 44.8 Å². The summed E-state index contributed by atoms with van der Waals surface area (Å²) in [5, 5.41) is 15.5. The Bertz CT molecular complexity index is 997. The van der Waals surface area contributed by atoms with E-state index in [-0.39, 0.29) is 5.91 Å². The molecule has 26 heavy (non-hydrogen) atoms. The van der Waals surface area contributed by atoms with E-state index in [1.807, 2.05) is 6.07 Å². The molecule has 0 atom stereocenters. The van der Waals surface area contributed by atoms with Gasteiger partial charge in [-0.25, -0.2) is 0 Å². The smallest absolute Gasteiger partial charge is 0.257 e. The van der Waals surface area contributed by atoms with Gasteiger partial charge in [-0.2, -0.15) is 5.26 Å². The van der Waals surface area contributed by atoms with E-state index in [0.29, 0.717) is 38.2 Å². The molecule has 0 aliphatic rings. The maximum atomic E-state index is 12.4. The molecule has 3 rings (SSSR count). The Hall–Kier alpha value is -3.07. The fourth-order valence-corrected chi connectivity index (χ4v) is 2.57. The van der Waals surface area contributed by atoms with E-state index in [1.165, 1.54) is 6.20 Å². The van der Waals surface area contributed by atoms with Crippen molar-refractivity contribution in [2.75, 3.05) is 10.6 Å². The van der Waals surface area contributed by atoms with E-state index < -0.39 is 0 Å². The van der Waals surface area contributed by atoms with Gasteiger partial charge in [0.25, 0.3) is 5.91 Å². The van der Waals surface area contributed by atoms with E-state index in [1.54, 1.807) is 54.7 Å². The van der Waals surface area contributed by atoms with Crippen molar-refractivity contribution >= 4 is 46.2 Å². The average molecular weight is 383 g/mol. The average Bonchev–Trinajstić information content (AvgIpc) is 2.66. The molecule has 1 amide bonds. The number of carbonyl (C=O) groups is 1. The molecule has 3 aromatic rings. The van der Waals surface area contributed by atoms with Crippen LogP contribution in [0.25, 0.3) is 0 Å². The molecule has 0 bridgehead atoms. The fraction of sp³-hybridized carbons (Fsp3) is 0. The summed E-state index contributed by atoms with van der Waals surface area (Å²) in [6, 6.07) is 15.5. The molecule has 0 spiro atoms. The van der Waals surface area contributed by atoms with Crippen LogP contribution in [0.5, 0.6) is 0 Å². The molecule has 5 nitrogen and oxygen atoms in total. The van der Waals surface area contributed by atoms with Crippen molar-refractivity contribution in [2.45, 2.75) is 0 Å². The molecule has 2 N–H and O–H groups in total. The Labute approximate surface area is 160 Å².